The molecule has 0 radical (unpaired) electrons. The molecule has 1 nitrogen and oxygen atoms in total. The van der Waals surface area contributed by atoms with Gasteiger partial charge in [-0.25, -0.2) is 0 Å². The highest BCUT2D eigenvalue weighted by atomic mass is 16.3. The molecule has 1 aliphatic carbocycles. The Kier molecular flexibility index (Phi) is 5.54. The molecule has 0 amide bonds. The van der Waals surface area contributed by atoms with Gasteiger partial charge in [0.25, 0.3) is 0 Å². The maximum absolute atomic E-state index is 10.1. The lowest BCUT2D eigenvalue weighted by molar-refractivity contribution is 0.0819. The number of unbranched alkanes of at least 4 members (excludes halogenated alkanes) is 2. The molecule has 2 atom stereocenters. The van der Waals surface area contributed by atoms with E-state index >= 15 is 0 Å². The second-order valence-electron chi connectivity index (χ2n) is 4.87. The van der Waals surface area contributed by atoms with Crippen molar-refractivity contribution in [2.75, 3.05) is 0 Å². The maximum atomic E-state index is 10.1. The van der Waals surface area contributed by atoms with E-state index in [4.69, 9.17) is 0 Å². The van der Waals surface area contributed by atoms with Gasteiger partial charge in [0.15, 0.2) is 0 Å². The van der Waals surface area contributed by atoms with Crippen molar-refractivity contribution >= 4 is 0 Å². The van der Waals surface area contributed by atoms with Gasteiger partial charge in [0.1, 0.15) is 0 Å². The van der Waals surface area contributed by atoms with Crippen molar-refractivity contribution in [3.8, 4) is 0 Å². The molecule has 1 aliphatic rings. The van der Waals surface area contributed by atoms with Gasteiger partial charge in [-0.1, -0.05) is 39.5 Å². The Morgan fingerprint density at radius 3 is 1.71 bits per heavy atom. The SMILES string of the molecule is CCCCC1CCC(CCCC)C1O. The molecule has 2 unspecified atom stereocenters. The fourth-order valence-electron chi connectivity index (χ4n) is 2.72. The monoisotopic (exact) mass is 198 g/mol. The summed E-state index contributed by atoms with van der Waals surface area (Å²) in [4.78, 5) is 0. The molecular formula is C13H26O. The average molecular weight is 198 g/mol. The molecule has 0 bridgehead atoms. The molecule has 0 aliphatic heterocycles. The molecule has 0 aromatic heterocycles. The van der Waals surface area contributed by atoms with Crippen molar-refractivity contribution < 1.29 is 5.11 Å². The Morgan fingerprint density at radius 1 is 0.929 bits per heavy atom. The van der Waals surface area contributed by atoms with Gasteiger partial charge in [0.05, 0.1) is 6.10 Å². The van der Waals surface area contributed by atoms with Crippen molar-refractivity contribution in [3.05, 3.63) is 0 Å². The Labute approximate surface area is 88.9 Å². The van der Waals surface area contributed by atoms with Crippen LogP contribution in [0.15, 0.2) is 0 Å². The number of aliphatic hydroxyl groups is 1. The van der Waals surface area contributed by atoms with Gasteiger partial charge in [0.2, 0.25) is 0 Å². The van der Waals surface area contributed by atoms with Crippen LogP contribution in [0.4, 0.5) is 0 Å². The molecule has 1 rings (SSSR count). The number of aliphatic hydroxyl groups excluding tert-OH is 1. The average Bonchev–Trinajstić information content (AvgIpc) is 2.54. The molecule has 1 saturated carbocycles. The third kappa shape index (κ3) is 3.27. The molecular weight excluding hydrogens is 172 g/mol. The fraction of sp³-hybridized carbons (Fsp3) is 1.00. The van der Waals surface area contributed by atoms with Crippen LogP contribution in [0.3, 0.4) is 0 Å². The highest BCUT2D eigenvalue weighted by molar-refractivity contribution is 4.84. The van der Waals surface area contributed by atoms with E-state index in [0.29, 0.717) is 11.8 Å². The van der Waals surface area contributed by atoms with Crippen LogP contribution in [0.1, 0.15) is 65.2 Å². The molecule has 0 aromatic rings. The largest absolute Gasteiger partial charge is 0.393 e. The predicted octanol–water partition coefficient (Wildman–Crippen LogP) is 3.75. The Bertz CT molecular complexity index is 128. The fourth-order valence-corrected chi connectivity index (χ4v) is 2.72. The Morgan fingerprint density at radius 2 is 1.36 bits per heavy atom. The third-order valence-electron chi connectivity index (χ3n) is 3.73. The summed E-state index contributed by atoms with van der Waals surface area (Å²) in [5, 5.41) is 10.1. The van der Waals surface area contributed by atoms with Gasteiger partial charge in [-0.3, -0.25) is 0 Å². The topological polar surface area (TPSA) is 20.2 Å². The minimum absolute atomic E-state index is 0.0214. The van der Waals surface area contributed by atoms with Crippen LogP contribution in [-0.4, -0.2) is 11.2 Å². The van der Waals surface area contributed by atoms with Crippen LogP contribution >= 0.6 is 0 Å². The lowest BCUT2D eigenvalue weighted by Gasteiger charge is -2.19. The van der Waals surface area contributed by atoms with E-state index in [0.717, 1.165) is 0 Å². The lowest BCUT2D eigenvalue weighted by atomic mass is 9.93. The van der Waals surface area contributed by atoms with Gasteiger partial charge in [-0.05, 0) is 37.5 Å². The van der Waals surface area contributed by atoms with E-state index in [1.165, 1.54) is 51.4 Å². The van der Waals surface area contributed by atoms with Gasteiger partial charge in [0, 0.05) is 0 Å². The summed E-state index contributed by atoms with van der Waals surface area (Å²) in [6.45, 7) is 4.46. The van der Waals surface area contributed by atoms with E-state index in [-0.39, 0.29) is 6.10 Å². The summed E-state index contributed by atoms with van der Waals surface area (Å²) in [7, 11) is 0. The van der Waals surface area contributed by atoms with Gasteiger partial charge < -0.3 is 5.11 Å². The van der Waals surface area contributed by atoms with Crippen LogP contribution in [0.2, 0.25) is 0 Å². The highest BCUT2D eigenvalue weighted by Crippen LogP contribution is 2.37. The second-order valence-corrected chi connectivity index (χ2v) is 4.87. The summed E-state index contributed by atoms with van der Waals surface area (Å²) in [6, 6.07) is 0. The number of hydrogen-bond acceptors (Lipinski definition) is 1. The van der Waals surface area contributed by atoms with E-state index < -0.39 is 0 Å². The Balaban J connectivity index is 2.24. The van der Waals surface area contributed by atoms with Gasteiger partial charge in [-0.15, -0.1) is 0 Å². The number of hydrogen-bond donors (Lipinski definition) is 1. The van der Waals surface area contributed by atoms with Crippen LogP contribution in [0, 0.1) is 11.8 Å². The van der Waals surface area contributed by atoms with Crippen molar-refractivity contribution in [1.82, 2.24) is 0 Å². The molecule has 0 heterocycles. The molecule has 0 saturated heterocycles. The maximum Gasteiger partial charge on any atom is 0.0596 e. The van der Waals surface area contributed by atoms with E-state index in [1.807, 2.05) is 0 Å². The molecule has 1 N–H and O–H groups in total. The van der Waals surface area contributed by atoms with Crippen molar-refractivity contribution in [3.63, 3.8) is 0 Å². The smallest absolute Gasteiger partial charge is 0.0596 e. The van der Waals surface area contributed by atoms with Crippen LogP contribution in [0.25, 0.3) is 0 Å². The normalized spacial score (nSPS) is 32.4. The van der Waals surface area contributed by atoms with Crippen LogP contribution in [0.5, 0.6) is 0 Å². The molecule has 0 spiro atoms. The minimum atomic E-state index is 0.0214. The molecule has 0 aromatic carbocycles. The van der Waals surface area contributed by atoms with Crippen molar-refractivity contribution in [2.45, 2.75) is 71.3 Å². The standard InChI is InChI=1S/C13H26O/c1-3-5-7-11-9-10-12(13(11)14)8-6-4-2/h11-14H,3-10H2,1-2H3. The second kappa shape index (κ2) is 6.44. The zero-order chi connectivity index (χ0) is 10.4. The summed E-state index contributed by atoms with van der Waals surface area (Å²) < 4.78 is 0. The lowest BCUT2D eigenvalue weighted by Crippen LogP contribution is -2.20. The van der Waals surface area contributed by atoms with Gasteiger partial charge in [-0.2, -0.15) is 0 Å². The predicted molar refractivity (Wildman–Crippen MR) is 61.3 cm³/mol. The van der Waals surface area contributed by atoms with Crippen LogP contribution in [-0.2, 0) is 0 Å². The molecule has 84 valence electrons. The summed E-state index contributed by atoms with van der Waals surface area (Å²) in [5.41, 5.74) is 0. The summed E-state index contributed by atoms with van der Waals surface area (Å²) in [5.74, 6) is 1.24. The first-order chi connectivity index (χ1) is 6.79. The first-order valence-electron chi connectivity index (χ1n) is 6.47. The molecule has 1 fully saturated rings. The summed E-state index contributed by atoms with van der Waals surface area (Å²) in [6.07, 6.45) is 10.2. The molecule has 1 heteroatoms. The van der Waals surface area contributed by atoms with Crippen molar-refractivity contribution in [2.24, 2.45) is 11.8 Å². The third-order valence-corrected chi connectivity index (χ3v) is 3.73. The Hall–Kier alpha value is -0.0400. The zero-order valence-electron chi connectivity index (χ0n) is 9.84. The number of rotatable bonds is 6. The van der Waals surface area contributed by atoms with Crippen molar-refractivity contribution in [1.29, 1.82) is 0 Å². The first kappa shape index (κ1) is 12.0. The summed E-state index contributed by atoms with van der Waals surface area (Å²) >= 11 is 0. The van der Waals surface area contributed by atoms with E-state index in [2.05, 4.69) is 13.8 Å². The van der Waals surface area contributed by atoms with Crippen LogP contribution < -0.4 is 0 Å². The minimum Gasteiger partial charge on any atom is -0.393 e. The first-order valence-corrected chi connectivity index (χ1v) is 6.47. The quantitative estimate of drug-likeness (QED) is 0.689. The highest BCUT2D eigenvalue weighted by Gasteiger charge is 2.33. The zero-order valence-corrected chi connectivity index (χ0v) is 9.84. The van der Waals surface area contributed by atoms with Gasteiger partial charge >= 0.3 is 0 Å². The van der Waals surface area contributed by atoms with E-state index in [1.54, 1.807) is 0 Å². The molecule has 14 heavy (non-hydrogen) atoms. The van der Waals surface area contributed by atoms with E-state index in [9.17, 15) is 5.11 Å².